The lowest BCUT2D eigenvalue weighted by molar-refractivity contribution is -0.120. The monoisotopic (exact) mass is 399 g/mol. The molecule has 2 aromatic heterocycles. The fourth-order valence-corrected chi connectivity index (χ4v) is 4.56. The smallest absolute Gasteiger partial charge is 0.229 e. The first-order valence-corrected chi connectivity index (χ1v) is 10.1. The molecule has 146 valence electrons. The lowest BCUT2D eigenvalue weighted by atomic mass is 9.97. The van der Waals surface area contributed by atoms with Gasteiger partial charge in [0.25, 0.3) is 0 Å². The molecule has 0 aliphatic carbocycles. The molecule has 1 aliphatic rings. The summed E-state index contributed by atoms with van der Waals surface area (Å²) >= 11 is 1.52. The highest BCUT2D eigenvalue weighted by Crippen LogP contribution is 2.29. The van der Waals surface area contributed by atoms with E-state index in [2.05, 4.69) is 37.1 Å². The summed E-state index contributed by atoms with van der Waals surface area (Å²) in [4.78, 5) is 14.7. The highest BCUT2D eigenvalue weighted by atomic mass is 32.1. The molecule has 4 rings (SSSR count). The van der Waals surface area contributed by atoms with Crippen LogP contribution in [0.3, 0.4) is 0 Å². The Kier molecular flexibility index (Phi) is 5.13. The summed E-state index contributed by atoms with van der Waals surface area (Å²) in [5.41, 5.74) is 2.45. The Hall–Kier alpha value is -2.74. The van der Waals surface area contributed by atoms with Gasteiger partial charge in [-0.2, -0.15) is 0 Å². The summed E-state index contributed by atoms with van der Waals surface area (Å²) < 4.78 is 15.9. The van der Waals surface area contributed by atoms with E-state index in [4.69, 9.17) is 0 Å². The van der Waals surface area contributed by atoms with Gasteiger partial charge in [0.05, 0.1) is 11.6 Å². The molecular formula is C20H22FN5OS. The van der Waals surface area contributed by atoms with E-state index in [1.54, 1.807) is 18.2 Å². The van der Waals surface area contributed by atoms with Crippen molar-refractivity contribution in [1.29, 1.82) is 0 Å². The standard InChI is InChI=1S/C20H22FN5OS/c1-13-9-10-14(2)26(13)20-24-23-19(28-20)25-11-5-6-15(12-25)18(27)22-17-8-4-3-7-16(17)21/h3-4,7-10,15H,5-6,11-12H2,1-2H3,(H,22,27)/t15-/m1/s1. The number of amides is 1. The maximum atomic E-state index is 13.8. The van der Waals surface area contributed by atoms with E-state index in [1.807, 2.05) is 13.8 Å². The van der Waals surface area contributed by atoms with Gasteiger partial charge in [0.1, 0.15) is 5.82 Å². The van der Waals surface area contributed by atoms with Crippen LogP contribution in [0, 0.1) is 25.6 Å². The normalized spacial score (nSPS) is 17.0. The average molecular weight is 399 g/mol. The highest BCUT2D eigenvalue weighted by molar-refractivity contribution is 7.17. The summed E-state index contributed by atoms with van der Waals surface area (Å²) in [6.07, 6.45) is 1.66. The van der Waals surface area contributed by atoms with Crippen molar-refractivity contribution in [2.45, 2.75) is 26.7 Å². The number of carbonyl (C=O) groups is 1. The number of para-hydroxylation sites is 1. The van der Waals surface area contributed by atoms with Gasteiger partial charge >= 0.3 is 0 Å². The van der Waals surface area contributed by atoms with Crippen LogP contribution in [0.4, 0.5) is 15.2 Å². The van der Waals surface area contributed by atoms with E-state index in [0.717, 1.165) is 41.0 Å². The topological polar surface area (TPSA) is 63.1 Å². The Balaban J connectivity index is 1.47. The van der Waals surface area contributed by atoms with Gasteiger partial charge in [0.2, 0.25) is 16.2 Å². The quantitative estimate of drug-likeness (QED) is 0.722. The van der Waals surface area contributed by atoms with Gasteiger partial charge in [-0.1, -0.05) is 23.5 Å². The maximum absolute atomic E-state index is 13.8. The van der Waals surface area contributed by atoms with Crippen LogP contribution in [-0.4, -0.2) is 33.8 Å². The molecule has 1 atom stereocenters. The number of nitrogens with zero attached hydrogens (tertiary/aromatic N) is 4. The number of benzene rings is 1. The minimum atomic E-state index is -0.422. The summed E-state index contributed by atoms with van der Waals surface area (Å²) in [6, 6.07) is 10.3. The third-order valence-corrected chi connectivity index (χ3v) is 6.03. The van der Waals surface area contributed by atoms with Crippen LogP contribution >= 0.6 is 11.3 Å². The van der Waals surface area contributed by atoms with Crippen molar-refractivity contribution >= 4 is 28.1 Å². The van der Waals surface area contributed by atoms with E-state index in [0.29, 0.717) is 6.54 Å². The molecule has 1 saturated heterocycles. The maximum Gasteiger partial charge on any atom is 0.229 e. The summed E-state index contributed by atoms with van der Waals surface area (Å²) in [5.74, 6) is -0.790. The summed E-state index contributed by atoms with van der Waals surface area (Å²) in [6.45, 7) is 5.47. The molecule has 1 aliphatic heterocycles. The molecule has 0 bridgehead atoms. The Morgan fingerprint density at radius 2 is 1.86 bits per heavy atom. The molecule has 0 spiro atoms. The van der Waals surface area contributed by atoms with Crippen LogP contribution < -0.4 is 10.2 Å². The molecule has 28 heavy (non-hydrogen) atoms. The van der Waals surface area contributed by atoms with Crippen molar-refractivity contribution in [2.24, 2.45) is 5.92 Å². The predicted octanol–water partition coefficient (Wildman–Crippen LogP) is 3.94. The molecule has 0 radical (unpaired) electrons. The van der Waals surface area contributed by atoms with Gasteiger partial charge in [-0.15, -0.1) is 10.2 Å². The fourth-order valence-electron chi connectivity index (χ4n) is 3.56. The van der Waals surface area contributed by atoms with Crippen molar-refractivity contribution in [1.82, 2.24) is 14.8 Å². The van der Waals surface area contributed by atoms with Crippen molar-refractivity contribution in [2.75, 3.05) is 23.3 Å². The summed E-state index contributed by atoms with van der Waals surface area (Å²) in [5, 5.41) is 13.1. The van der Waals surface area contributed by atoms with E-state index in [9.17, 15) is 9.18 Å². The van der Waals surface area contributed by atoms with Gasteiger partial charge in [0, 0.05) is 24.5 Å². The number of halogens is 1. The average Bonchev–Trinajstić information content (AvgIpc) is 3.30. The first-order chi connectivity index (χ1) is 13.5. The minimum Gasteiger partial charge on any atom is -0.346 e. The Morgan fingerprint density at radius 3 is 2.61 bits per heavy atom. The Labute approximate surface area is 167 Å². The number of aromatic nitrogens is 3. The van der Waals surface area contributed by atoms with Gasteiger partial charge < -0.3 is 10.2 Å². The van der Waals surface area contributed by atoms with E-state index >= 15 is 0 Å². The Morgan fingerprint density at radius 1 is 1.14 bits per heavy atom. The molecule has 1 aromatic carbocycles. The number of aryl methyl sites for hydroxylation is 2. The second-order valence-electron chi connectivity index (χ2n) is 7.07. The molecule has 1 fully saturated rings. The fraction of sp³-hybridized carbons (Fsp3) is 0.350. The van der Waals surface area contributed by atoms with E-state index in [-0.39, 0.29) is 17.5 Å². The molecule has 0 saturated carbocycles. The van der Waals surface area contributed by atoms with Gasteiger partial charge in [-0.3, -0.25) is 9.36 Å². The first-order valence-electron chi connectivity index (χ1n) is 9.32. The van der Waals surface area contributed by atoms with E-state index < -0.39 is 5.82 Å². The molecule has 6 nitrogen and oxygen atoms in total. The number of carbonyl (C=O) groups excluding carboxylic acids is 1. The van der Waals surface area contributed by atoms with Gasteiger partial charge in [0.15, 0.2) is 0 Å². The highest BCUT2D eigenvalue weighted by Gasteiger charge is 2.28. The molecule has 3 heterocycles. The molecule has 8 heteroatoms. The van der Waals surface area contributed by atoms with Crippen LogP contribution in [-0.2, 0) is 4.79 Å². The number of hydrogen-bond acceptors (Lipinski definition) is 5. The van der Waals surface area contributed by atoms with Crippen LogP contribution in [0.1, 0.15) is 24.2 Å². The third kappa shape index (κ3) is 3.64. The molecule has 1 amide bonds. The van der Waals surface area contributed by atoms with E-state index in [1.165, 1.54) is 17.4 Å². The van der Waals surface area contributed by atoms with Crippen molar-refractivity contribution in [3.05, 3.63) is 53.6 Å². The SMILES string of the molecule is Cc1ccc(C)n1-c1nnc(N2CCC[C@@H](C(=O)Nc3ccccc3F)C2)s1. The molecule has 1 N–H and O–H groups in total. The number of rotatable bonds is 4. The first kappa shape index (κ1) is 18.6. The van der Waals surface area contributed by atoms with Crippen LogP contribution in [0.5, 0.6) is 0 Å². The number of anilines is 2. The minimum absolute atomic E-state index is 0.156. The lowest BCUT2D eigenvalue weighted by Crippen LogP contribution is -2.40. The number of nitrogens with one attached hydrogen (secondary N) is 1. The largest absolute Gasteiger partial charge is 0.346 e. The molecule has 3 aromatic rings. The number of piperidine rings is 1. The van der Waals surface area contributed by atoms with Crippen molar-refractivity contribution < 1.29 is 9.18 Å². The molecule has 0 unspecified atom stereocenters. The van der Waals surface area contributed by atoms with Crippen LogP contribution in [0.25, 0.3) is 5.13 Å². The van der Waals surface area contributed by atoms with Gasteiger partial charge in [-0.25, -0.2) is 4.39 Å². The van der Waals surface area contributed by atoms with Crippen LogP contribution in [0.15, 0.2) is 36.4 Å². The zero-order valence-corrected chi connectivity index (χ0v) is 16.7. The Bertz CT molecular complexity index is 979. The summed E-state index contributed by atoms with van der Waals surface area (Å²) in [7, 11) is 0. The third-order valence-electron chi connectivity index (χ3n) is 5.06. The zero-order chi connectivity index (χ0) is 19.7. The van der Waals surface area contributed by atoms with Crippen LogP contribution in [0.2, 0.25) is 0 Å². The lowest BCUT2D eigenvalue weighted by Gasteiger charge is -2.31. The van der Waals surface area contributed by atoms with Crippen molar-refractivity contribution in [3.8, 4) is 5.13 Å². The predicted molar refractivity (Wildman–Crippen MR) is 109 cm³/mol. The zero-order valence-electron chi connectivity index (χ0n) is 15.9. The second-order valence-corrected chi connectivity index (χ2v) is 8.01. The molecular weight excluding hydrogens is 377 g/mol. The number of hydrogen-bond donors (Lipinski definition) is 1. The van der Waals surface area contributed by atoms with Gasteiger partial charge in [-0.05, 0) is 51.0 Å². The van der Waals surface area contributed by atoms with Crippen molar-refractivity contribution in [3.63, 3.8) is 0 Å². The second kappa shape index (κ2) is 7.71.